The molecular formula is C31H36O4. The summed E-state index contributed by atoms with van der Waals surface area (Å²) in [6.45, 7) is 16.4. The van der Waals surface area contributed by atoms with Crippen LogP contribution in [-0.4, -0.2) is 18.9 Å². The van der Waals surface area contributed by atoms with E-state index in [1.807, 2.05) is 13.8 Å². The molecule has 0 bridgehead atoms. The summed E-state index contributed by atoms with van der Waals surface area (Å²) in [6.07, 6.45) is 0. The van der Waals surface area contributed by atoms with Gasteiger partial charge in [-0.3, -0.25) is 4.79 Å². The molecule has 35 heavy (non-hydrogen) atoms. The first-order chi connectivity index (χ1) is 16.4. The summed E-state index contributed by atoms with van der Waals surface area (Å²) in [5, 5.41) is 0. The molecule has 4 nitrogen and oxygen atoms in total. The lowest BCUT2D eigenvalue weighted by Crippen LogP contribution is -2.31. The Balaban J connectivity index is 2.01. The number of aryl methyl sites for hydroxylation is 4. The van der Waals surface area contributed by atoms with Crippen LogP contribution in [0.4, 0.5) is 0 Å². The van der Waals surface area contributed by atoms with Gasteiger partial charge in [0, 0.05) is 11.0 Å². The van der Waals surface area contributed by atoms with Crippen molar-refractivity contribution in [2.45, 2.75) is 60.8 Å². The van der Waals surface area contributed by atoms with Crippen LogP contribution in [-0.2, 0) is 5.41 Å². The number of hydrogen-bond acceptors (Lipinski definition) is 4. The van der Waals surface area contributed by atoms with Crippen molar-refractivity contribution in [3.05, 3.63) is 93.0 Å². The van der Waals surface area contributed by atoms with Crippen molar-refractivity contribution in [3.63, 3.8) is 0 Å². The number of ether oxygens (including phenoxy) is 2. The fourth-order valence-corrected chi connectivity index (χ4v) is 4.81. The standard InChI is InChI=1S/C31H36O4/c1-18(2)31(8,26-14-19(3)28(34-9)20(4)15-26)27-16-21(5)29(22(6)17-27)35-30(33)25-12-10-24(11-13-25)23(7)32/h10-18H,1-9H3. The highest BCUT2D eigenvalue weighted by Crippen LogP contribution is 2.43. The molecule has 3 aromatic carbocycles. The molecule has 0 saturated heterocycles. The van der Waals surface area contributed by atoms with Crippen molar-refractivity contribution >= 4 is 11.8 Å². The molecule has 3 aromatic rings. The van der Waals surface area contributed by atoms with Crippen LogP contribution in [0.5, 0.6) is 11.5 Å². The third-order valence-corrected chi connectivity index (χ3v) is 7.20. The number of carbonyl (C=O) groups excluding carboxylic acids is 2. The zero-order valence-corrected chi connectivity index (χ0v) is 22.3. The van der Waals surface area contributed by atoms with E-state index in [1.54, 1.807) is 31.4 Å². The second-order valence-corrected chi connectivity index (χ2v) is 9.96. The summed E-state index contributed by atoms with van der Waals surface area (Å²) >= 11 is 0. The van der Waals surface area contributed by atoms with Crippen molar-refractivity contribution in [2.75, 3.05) is 7.11 Å². The summed E-state index contributed by atoms with van der Waals surface area (Å²) in [7, 11) is 1.71. The predicted octanol–water partition coefficient (Wildman–Crippen LogP) is 7.31. The quantitative estimate of drug-likeness (QED) is 0.205. The molecule has 0 aromatic heterocycles. The van der Waals surface area contributed by atoms with Crippen molar-refractivity contribution in [1.29, 1.82) is 0 Å². The molecule has 1 atom stereocenters. The van der Waals surface area contributed by atoms with Gasteiger partial charge >= 0.3 is 5.97 Å². The van der Waals surface area contributed by atoms with E-state index in [0.717, 1.165) is 28.0 Å². The number of hydrogen-bond donors (Lipinski definition) is 0. The highest BCUT2D eigenvalue weighted by Gasteiger charge is 2.34. The Kier molecular flexibility index (Phi) is 7.54. The summed E-state index contributed by atoms with van der Waals surface area (Å²) in [6, 6.07) is 15.2. The molecule has 4 heteroatoms. The lowest BCUT2D eigenvalue weighted by Gasteiger charge is -2.37. The van der Waals surface area contributed by atoms with Gasteiger partial charge in [0.15, 0.2) is 5.78 Å². The Bertz CT molecular complexity index is 1220. The third-order valence-electron chi connectivity index (χ3n) is 7.20. The number of esters is 1. The van der Waals surface area contributed by atoms with Gasteiger partial charge in [-0.1, -0.05) is 57.2 Å². The minimum atomic E-state index is -0.438. The Morgan fingerprint density at radius 1 is 0.743 bits per heavy atom. The van der Waals surface area contributed by atoms with E-state index < -0.39 is 5.97 Å². The van der Waals surface area contributed by atoms with Crippen LogP contribution < -0.4 is 9.47 Å². The van der Waals surface area contributed by atoms with Crippen LogP contribution in [0.15, 0.2) is 48.5 Å². The first-order valence-electron chi connectivity index (χ1n) is 12.0. The first-order valence-corrected chi connectivity index (χ1v) is 12.0. The molecule has 0 radical (unpaired) electrons. The van der Waals surface area contributed by atoms with Gasteiger partial charge in [-0.15, -0.1) is 0 Å². The van der Waals surface area contributed by atoms with E-state index >= 15 is 0 Å². The van der Waals surface area contributed by atoms with E-state index in [2.05, 4.69) is 58.9 Å². The van der Waals surface area contributed by atoms with Crippen LogP contribution in [0, 0.1) is 33.6 Å². The lowest BCUT2D eigenvalue weighted by atomic mass is 9.67. The topological polar surface area (TPSA) is 52.6 Å². The average Bonchev–Trinajstić information content (AvgIpc) is 2.80. The summed E-state index contributed by atoms with van der Waals surface area (Å²) in [4.78, 5) is 24.3. The molecule has 0 aliphatic heterocycles. The number of rotatable bonds is 7. The second kappa shape index (κ2) is 10.1. The Morgan fingerprint density at radius 2 is 1.14 bits per heavy atom. The molecule has 0 saturated carbocycles. The monoisotopic (exact) mass is 472 g/mol. The molecule has 0 aliphatic carbocycles. The third kappa shape index (κ3) is 5.02. The fraction of sp³-hybridized carbons (Fsp3) is 0.355. The molecule has 0 aliphatic rings. The number of methoxy groups -OCH3 is 1. The molecule has 0 spiro atoms. The Morgan fingerprint density at radius 3 is 1.51 bits per heavy atom. The Hall–Kier alpha value is -3.40. The van der Waals surface area contributed by atoms with Crippen LogP contribution in [0.3, 0.4) is 0 Å². The minimum Gasteiger partial charge on any atom is -0.496 e. The molecule has 3 rings (SSSR count). The normalized spacial score (nSPS) is 12.9. The van der Waals surface area contributed by atoms with Crippen LogP contribution in [0.2, 0.25) is 0 Å². The van der Waals surface area contributed by atoms with E-state index in [4.69, 9.17) is 9.47 Å². The SMILES string of the molecule is COc1c(C)cc(C(C)(c2cc(C)c(OC(=O)c3ccc(C(C)=O)cc3)c(C)c2)C(C)C)cc1C. The molecule has 0 N–H and O–H groups in total. The molecule has 1 unspecified atom stereocenters. The molecule has 0 amide bonds. The van der Waals surface area contributed by atoms with E-state index in [9.17, 15) is 9.59 Å². The summed E-state index contributed by atoms with van der Waals surface area (Å²) < 4.78 is 11.4. The van der Waals surface area contributed by atoms with Crippen LogP contribution in [0.1, 0.15) is 81.8 Å². The van der Waals surface area contributed by atoms with E-state index in [0.29, 0.717) is 22.8 Å². The minimum absolute atomic E-state index is 0.0392. The van der Waals surface area contributed by atoms with Crippen LogP contribution in [0.25, 0.3) is 0 Å². The van der Waals surface area contributed by atoms with Gasteiger partial charge in [0.2, 0.25) is 0 Å². The number of ketones is 1. The lowest BCUT2D eigenvalue weighted by molar-refractivity contribution is 0.0731. The van der Waals surface area contributed by atoms with Gasteiger partial charge < -0.3 is 9.47 Å². The number of benzene rings is 3. The van der Waals surface area contributed by atoms with Crippen molar-refractivity contribution in [2.24, 2.45) is 5.92 Å². The zero-order valence-electron chi connectivity index (χ0n) is 22.3. The molecule has 0 fully saturated rings. The van der Waals surface area contributed by atoms with Crippen molar-refractivity contribution in [3.8, 4) is 11.5 Å². The predicted molar refractivity (Wildman–Crippen MR) is 141 cm³/mol. The van der Waals surface area contributed by atoms with E-state index in [-0.39, 0.29) is 11.2 Å². The fourth-order valence-electron chi connectivity index (χ4n) is 4.81. The van der Waals surface area contributed by atoms with Gasteiger partial charge in [0.25, 0.3) is 0 Å². The van der Waals surface area contributed by atoms with Crippen LogP contribution >= 0.6 is 0 Å². The maximum absolute atomic E-state index is 12.8. The van der Waals surface area contributed by atoms with E-state index in [1.165, 1.54) is 18.1 Å². The molecular weight excluding hydrogens is 436 g/mol. The summed E-state index contributed by atoms with van der Waals surface area (Å²) in [5.41, 5.74) is 7.18. The van der Waals surface area contributed by atoms with Crippen molar-refractivity contribution < 1.29 is 19.1 Å². The van der Waals surface area contributed by atoms with Gasteiger partial charge in [-0.05, 0) is 86.1 Å². The summed E-state index contributed by atoms with van der Waals surface area (Å²) in [5.74, 6) is 1.34. The Labute approximate surface area is 209 Å². The van der Waals surface area contributed by atoms with Gasteiger partial charge in [-0.25, -0.2) is 4.79 Å². The zero-order chi connectivity index (χ0) is 26.1. The van der Waals surface area contributed by atoms with Crippen molar-refractivity contribution in [1.82, 2.24) is 0 Å². The number of carbonyl (C=O) groups is 2. The maximum Gasteiger partial charge on any atom is 0.343 e. The van der Waals surface area contributed by atoms with Gasteiger partial charge in [0.1, 0.15) is 11.5 Å². The highest BCUT2D eigenvalue weighted by molar-refractivity contribution is 5.96. The first kappa shape index (κ1) is 26.2. The molecule has 0 heterocycles. The maximum atomic E-state index is 12.8. The van der Waals surface area contributed by atoms with Gasteiger partial charge in [-0.2, -0.15) is 0 Å². The second-order valence-electron chi connectivity index (χ2n) is 9.96. The molecule has 184 valence electrons. The average molecular weight is 473 g/mol. The van der Waals surface area contributed by atoms with Gasteiger partial charge in [0.05, 0.1) is 12.7 Å². The number of Topliss-reactive ketones (excluding diaryl/α,β-unsaturated/α-hetero) is 1. The smallest absolute Gasteiger partial charge is 0.343 e. The highest BCUT2D eigenvalue weighted by atomic mass is 16.5. The largest absolute Gasteiger partial charge is 0.496 e.